The highest BCUT2D eigenvalue weighted by Crippen LogP contribution is 2.42. The van der Waals surface area contributed by atoms with Crippen LogP contribution in [0, 0.1) is 27.7 Å². The van der Waals surface area contributed by atoms with Gasteiger partial charge in [-0.15, -0.1) is 0 Å². The molecule has 0 amide bonds. The average molecular weight is 646 g/mol. The highest BCUT2D eigenvalue weighted by molar-refractivity contribution is 6.07. The van der Waals surface area contributed by atoms with Gasteiger partial charge >= 0.3 is 11.9 Å². The average Bonchev–Trinajstić information content (AvgIpc) is 3.41. The van der Waals surface area contributed by atoms with Crippen LogP contribution in [0.3, 0.4) is 0 Å². The number of ether oxygens (including phenoxy) is 2. The Kier molecular flexibility index (Phi) is 9.95. The van der Waals surface area contributed by atoms with E-state index in [-0.39, 0.29) is 28.8 Å². The summed E-state index contributed by atoms with van der Waals surface area (Å²) in [6.07, 6.45) is 1.21. The van der Waals surface area contributed by atoms with E-state index in [1.165, 1.54) is 49.6 Å². The van der Waals surface area contributed by atoms with Crippen molar-refractivity contribution >= 4 is 23.3 Å². The van der Waals surface area contributed by atoms with Crippen molar-refractivity contribution in [2.45, 2.75) is 51.0 Å². The van der Waals surface area contributed by atoms with Gasteiger partial charge in [0.2, 0.25) is 0 Å². The van der Waals surface area contributed by atoms with Crippen molar-refractivity contribution in [3.8, 4) is 0 Å². The Bertz CT molecular complexity index is 1680. The normalized spacial score (nSPS) is 21.5. The molecule has 3 atom stereocenters. The summed E-state index contributed by atoms with van der Waals surface area (Å²) >= 11 is 0. The number of halogens is 2. The molecule has 0 bridgehead atoms. The fraction of sp³-hybridized carbons (Fsp3) is 0.361. The molecule has 0 saturated carbocycles. The quantitative estimate of drug-likeness (QED) is 0.137. The number of allylic oxidation sites excluding steroid dienone is 1. The van der Waals surface area contributed by atoms with Crippen LogP contribution in [0.5, 0.6) is 0 Å². The molecule has 1 unspecified atom stereocenters. The molecule has 47 heavy (non-hydrogen) atoms. The van der Waals surface area contributed by atoms with Gasteiger partial charge in [-0.1, -0.05) is 36.4 Å². The number of hydrogen-bond acceptors (Lipinski definition) is 8. The summed E-state index contributed by atoms with van der Waals surface area (Å²) in [6, 6.07) is 18.5. The van der Waals surface area contributed by atoms with Crippen LogP contribution < -0.4 is 0 Å². The number of non-ortho nitro benzene ring substituents is 1. The van der Waals surface area contributed by atoms with Gasteiger partial charge in [0.15, 0.2) is 0 Å². The molecular weight excluding hydrogens is 608 g/mol. The van der Waals surface area contributed by atoms with Gasteiger partial charge in [-0.3, -0.25) is 24.8 Å². The molecule has 0 aliphatic carbocycles. The zero-order valence-electron chi connectivity index (χ0n) is 26.7. The minimum absolute atomic E-state index is 0.104. The molecule has 2 aliphatic heterocycles. The van der Waals surface area contributed by atoms with Crippen LogP contribution in [0.2, 0.25) is 0 Å². The summed E-state index contributed by atoms with van der Waals surface area (Å²) < 4.78 is 38.6. The Labute approximate surface area is 272 Å². The highest BCUT2D eigenvalue weighted by atomic mass is 19.1. The number of carbonyl (C=O) groups is 2. The van der Waals surface area contributed by atoms with Crippen molar-refractivity contribution < 1.29 is 32.8 Å². The molecule has 2 aliphatic rings. The number of nitro benzene ring substituents is 1. The third-order valence-corrected chi connectivity index (χ3v) is 9.08. The SMILES string of the molecule is COC(=O)C1C(C)=NC(C)=C(C(=O)O[C@@]2(C)CCN(CCC(c3ccc(F)cc3)c3ccc(F)cc3)C2)[C@H]1c1cccc([N+](=O)[O-])c1. The Morgan fingerprint density at radius 3 is 2.23 bits per heavy atom. The first-order valence-corrected chi connectivity index (χ1v) is 15.4. The lowest BCUT2D eigenvalue weighted by Gasteiger charge is -2.33. The molecule has 3 aromatic rings. The minimum atomic E-state index is -0.976. The van der Waals surface area contributed by atoms with Crippen molar-refractivity contribution in [3.05, 3.63) is 123 Å². The lowest BCUT2D eigenvalue weighted by Crippen LogP contribution is -2.40. The molecule has 5 rings (SSSR count). The fourth-order valence-corrected chi connectivity index (χ4v) is 6.73. The van der Waals surface area contributed by atoms with E-state index >= 15 is 0 Å². The van der Waals surface area contributed by atoms with E-state index in [4.69, 9.17) is 9.47 Å². The largest absolute Gasteiger partial charge is 0.468 e. The third kappa shape index (κ3) is 7.46. The van der Waals surface area contributed by atoms with Crippen LogP contribution in [0.1, 0.15) is 62.1 Å². The van der Waals surface area contributed by atoms with Crippen molar-refractivity contribution in [2.75, 3.05) is 26.7 Å². The molecule has 0 aromatic heterocycles. The van der Waals surface area contributed by atoms with E-state index in [0.29, 0.717) is 49.4 Å². The molecule has 9 nitrogen and oxygen atoms in total. The van der Waals surface area contributed by atoms with E-state index in [1.54, 1.807) is 44.2 Å². The summed E-state index contributed by atoms with van der Waals surface area (Å²) in [5.41, 5.74) is 2.13. The van der Waals surface area contributed by atoms with Crippen molar-refractivity contribution in [1.82, 2.24) is 4.90 Å². The van der Waals surface area contributed by atoms with E-state index in [2.05, 4.69) is 9.89 Å². The van der Waals surface area contributed by atoms with Gasteiger partial charge in [-0.25, -0.2) is 13.6 Å². The first-order chi connectivity index (χ1) is 22.4. The molecule has 1 saturated heterocycles. The minimum Gasteiger partial charge on any atom is -0.468 e. The third-order valence-electron chi connectivity index (χ3n) is 9.08. The summed E-state index contributed by atoms with van der Waals surface area (Å²) in [5.74, 6) is -3.92. The van der Waals surface area contributed by atoms with Crippen LogP contribution in [0.4, 0.5) is 14.5 Å². The van der Waals surface area contributed by atoms with Crippen LogP contribution in [-0.2, 0) is 19.1 Å². The van der Waals surface area contributed by atoms with Crippen molar-refractivity contribution in [1.29, 1.82) is 0 Å². The Morgan fingerprint density at radius 1 is 1.04 bits per heavy atom. The van der Waals surface area contributed by atoms with E-state index < -0.39 is 34.3 Å². The molecule has 0 radical (unpaired) electrons. The smallest absolute Gasteiger partial charge is 0.337 e. The number of aliphatic imine (C=N–C) groups is 1. The molecule has 11 heteroatoms. The first kappa shape index (κ1) is 33.6. The number of rotatable bonds is 10. The first-order valence-electron chi connectivity index (χ1n) is 15.4. The monoisotopic (exact) mass is 645 g/mol. The van der Waals surface area contributed by atoms with Crippen LogP contribution in [0.25, 0.3) is 0 Å². The number of likely N-dealkylation sites (tertiary alicyclic amines) is 1. The number of nitrogens with zero attached hydrogens (tertiary/aromatic N) is 3. The van der Waals surface area contributed by atoms with Gasteiger partial charge in [-0.2, -0.15) is 0 Å². The Hall–Kier alpha value is -4.77. The molecule has 1 fully saturated rings. The standard InChI is InChI=1S/C36H37F2N3O6/c1-22-31(34(42)46-4)33(26-6-5-7-29(20-26)41(44)45)32(23(2)39-22)35(43)47-36(3)17-19-40(21-36)18-16-30(24-8-12-27(37)13-9-24)25-10-14-28(38)15-11-25/h5-15,20,30-31,33H,16-19,21H2,1-4H3/t31?,33-,36-/m0/s1. The van der Waals surface area contributed by atoms with E-state index in [9.17, 15) is 28.5 Å². The van der Waals surface area contributed by atoms with Crippen molar-refractivity contribution in [2.24, 2.45) is 10.9 Å². The molecule has 0 N–H and O–H groups in total. The number of benzene rings is 3. The van der Waals surface area contributed by atoms with Crippen molar-refractivity contribution in [3.63, 3.8) is 0 Å². The van der Waals surface area contributed by atoms with Crippen LogP contribution in [0.15, 0.2) is 89.1 Å². The second-order valence-corrected chi connectivity index (χ2v) is 12.4. The maximum atomic E-state index is 14.0. The van der Waals surface area contributed by atoms with Crippen LogP contribution >= 0.6 is 0 Å². The molecule has 3 aromatic carbocycles. The van der Waals surface area contributed by atoms with Gasteiger partial charge in [0, 0.05) is 54.9 Å². The Morgan fingerprint density at radius 2 is 1.66 bits per heavy atom. The number of nitro groups is 1. The maximum Gasteiger partial charge on any atom is 0.337 e. The van der Waals surface area contributed by atoms with Gasteiger partial charge in [0.05, 0.1) is 17.6 Å². The predicted molar refractivity (Wildman–Crippen MR) is 172 cm³/mol. The molecule has 0 spiro atoms. The summed E-state index contributed by atoms with van der Waals surface area (Å²) in [5, 5.41) is 11.6. The number of hydrogen-bond donors (Lipinski definition) is 0. The Balaban J connectivity index is 1.35. The van der Waals surface area contributed by atoms with Gasteiger partial charge in [0.25, 0.3) is 5.69 Å². The van der Waals surface area contributed by atoms with E-state index in [0.717, 1.165) is 11.1 Å². The number of methoxy groups -OCH3 is 1. The lowest BCUT2D eigenvalue weighted by molar-refractivity contribution is -0.384. The molecular formula is C36H37F2N3O6. The zero-order valence-corrected chi connectivity index (χ0v) is 26.7. The predicted octanol–water partition coefficient (Wildman–Crippen LogP) is 6.72. The lowest BCUT2D eigenvalue weighted by atomic mass is 9.75. The van der Waals surface area contributed by atoms with E-state index in [1.807, 2.05) is 6.92 Å². The summed E-state index contributed by atoms with van der Waals surface area (Å²) in [6.45, 7) is 6.91. The fourth-order valence-electron chi connectivity index (χ4n) is 6.73. The van der Waals surface area contributed by atoms with Gasteiger partial charge in [-0.05, 0) is 74.7 Å². The zero-order chi connectivity index (χ0) is 33.9. The topological polar surface area (TPSA) is 111 Å². The number of esters is 2. The molecule has 2 heterocycles. The number of carbonyl (C=O) groups excluding carboxylic acids is 2. The summed E-state index contributed by atoms with van der Waals surface area (Å²) in [4.78, 5) is 44.8. The summed E-state index contributed by atoms with van der Waals surface area (Å²) in [7, 11) is 1.24. The van der Waals surface area contributed by atoms with Gasteiger partial charge in [0.1, 0.15) is 23.2 Å². The van der Waals surface area contributed by atoms with Gasteiger partial charge < -0.3 is 9.47 Å². The molecule has 246 valence electrons. The second kappa shape index (κ2) is 13.9. The highest BCUT2D eigenvalue weighted by Gasteiger charge is 2.45. The van der Waals surface area contributed by atoms with Crippen LogP contribution in [-0.4, -0.2) is 59.8 Å². The second-order valence-electron chi connectivity index (χ2n) is 12.4. The maximum absolute atomic E-state index is 14.0.